The molecule has 1 fully saturated rings. The average Bonchev–Trinajstić information content (AvgIpc) is 2.58. The summed E-state index contributed by atoms with van der Waals surface area (Å²) in [5, 5.41) is 11.6. The quantitative estimate of drug-likeness (QED) is 0.778. The van der Waals surface area contributed by atoms with E-state index in [2.05, 4.69) is 33.9 Å². The van der Waals surface area contributed by atoms with Crippen molar-refractivity contribution in [2.24, 2.45) is 5.73 Å². The van der Waals surface area contributed by atoms with E-state index >= 15 is 0 Å². The summed E-state index contributed by atoms with van der Waals surface area (Å²) in [6, 6.07) is 0. The molecule has 1 heterocycles. The average molecular weight is 209 g/mol. The summed E-state index contributed by atoms with van der Waals surface area (Å²) in [5.41, 5.74) is 6.03. The molecule has 84 valence electrons. The second-order valence-electron chi connectivity index (χ2n) is 4.13. The molecule has 2 rings (SSSR count). The Labute approximate surface area is 90.1 Å². The lowest BCUT2D eigenvalue weighted by molar-refractivity contribution is 0.230. The van der Waals surface area contributed by atoms with Gasteiger partial charge < -0.3 is 11.1 Å². The predicted molar refractivity (Wildman–Crippen MR) is 59.6 cm³/mol. The number of nitrogens with zero attached hydrogens (tertiary/aromatic N) is 3. The van der Waals surface area contributed by atoms with Gasteiger partial charge in [0.25, 0.3) is 0 Å². The van der Waals surface area contributed by atoms with Gasteiger partial charge in [-0.05, 0) is 33.1 Å². The van der Waals surface area contributed by atoms with Crippen LogP contribution in [0, 0.1) is 0 Å². The molecule has 15 heavy (non-hydrogen) atoms. The normalized spacial score (nSPS) is 18.6. The van der Waals surface area contributed by atoms with Crippen LogP contribution in [0.3, 0.4) is 0 Å². The SMILES string of the molecule is CCNc1nnc(C2(N)CCC2)n1CC. The molecule has 0 bridgehead atoms. The summed E-state index contributed by atoms with van der Waals surface area (Å²) in [6.07, 6.45) is 3.25. The maximum atomic E-state index is 6.26. The minimum atomic E-state index is -0.226. The third-order valence-corrected chi connectivity index (χ3v) is 3.09. The number of hydrogen-bond acceptors (Lipinski definition) is 4. The maximum Gasteiger partial charge on any atom is 0.224 e. The third kappa shape index (κ3) is 1.61. The summed E-state index contributed by atoms with van der Waals surface area (Å²) in [6.45, 7) is 5.87. The van der Waals surface area contributed by atoms with Gasteiger partial charge in [-0.3, -0.25) is 4.57 Å². The zero-order valence-electron chi connectivity index (χ0n) is 9.45. The van der Waals surface area contributed by atoms with Crippen LogP contribution in [0.1, 0.15) is 38.9 Å². The summed E-state index contributed by atoms with van der Waals surface area (Å²) in [4.78, 5) is 0. The molecule has 1 aliphatic carbocycles. The highest BCUT2D eigenvalue weighted by molar-refractivity contribution is 5.28. The van der Waals surface area contributed by atoms with Crippen molar-refractivity contribution in [1.29, 1.82) is 0 Å². The lowest BCUT2D eigenvalue weighted by Gasteiger charge is -2.36. The number of rotatable bonds is 4. The number of aromatic nitrogens is 3. The van der Waals surface area contributed by atoms with Crippen molar-refractivity contribution < 1.29 is 0 Å². The first-order valence-electron chi connectivity index (χ1n) is 5.67. The molecule has 5 heteroatoms. The monoisotopic (exact) mass is 209 g/mol. The fraction of sp³-hybridized carbons (Fsp3) is 0.800. The van der Waals surface area contributed by atoms with Gasteiger partial charge in [-0.2, -0.15) is 0 Å². The largest absolute Gasteiger partial charge is 0.355 e. The lowest BCUT2D eigenvalue weighted by atomic mass is 9.77. The van der Waals surface area contributed by atoms with Crippen molar-refractivity contribution in [3.63, 3.8) is 0 Å². The first kappa shape index (κ1) is 10.4. The first-order valence-corrected chi connectivity index (χ1v) is 5.67. The minimum Gasteiger partial charge on any atom is -0.355 e. The van der Waals surface area contributed by atoms with Gasteiger partial charge in [0.05, 0.1) is 5.54 Å². The third-order valence-electron chi connectivity index (χ3n) is 3.09. The lowest BCUT2D eigenvalue weighted by Crippen LogP contribution is -2.45. The summed E-state index contributed by atoms with van der Waals surface area (Å²) in [5.74, 6) is 1.78. The Morgan fingerprint density at radius 1 is 1.40 bits per heavy atom. The summed E-state index contributed by atoms with van der Waals surface area (Å²) < 4.78 is 2.09. The van der Waals surface area contributed by atoms with Gasteiger partial charge >= 0.3 is 0 Å². The molecule has 0 atom stereocenters. The molecule has 0 radical (unpaired) electrons. The van der Waals surface area contributed by atoms with Crippen molar-refractivity contribution in [3.05, 3.63) is 5.82 Å². The molecule has 0 unspecified atom stereocenters. The molecule has 1 saturated carbocycles. The van der Waals surface area contributed by atoms with Crippen molar-refractivity contribution in [1.82, 2.24) is 14.8 Å². The second-order valence-corrected chi connectivity index (χ2v) is 4.13. The zero-order chi connectivity index (χ0) is 10.9. The second kappa shape index (κ2) is 3.81. The predicted octanol–water partition coefficient (Wildman–Crippen LogP) is 1.07. The van der Waals surface area contributed by atoms with Crippen molar-refractivity contribution >= 4 is 5.95 Å². The van der Waals surface area contributed by atoms with E-state index in [9.17, 15) is 0 Å². The van der Waals surface area contributed by atoms with Gasteiger partial charge in [-0.15, -0.1) is 10.2 Å². The molecule has 1 aromatic heterocycles. The Balaban J connectivity index is 2.31. The molecular formula is C10H19N5. The van der Waals surface area contributed by atoms with E-state index in [1.807, 2.05) is 0 Å². The number of hydrogen-bond donors (Lipinski definition) is 2. The molecule has 3 N–H and O–H groups in total. The Bertz CT molecular complexity index is 340. The summed E-state index contributed by atoms with van der Waals surface area (Å²) >= 11 is 0. The van der Waals surface area contributed by atoms with E-state index < -0.39 is 0 Å². The highest BCUT2D eigenvalue weighted by Gasteiger charge is 2.39. The Kier molecular flexibility index (Phi) is 2.65. The van der Waals surface area contributed by atoms with Crippen LogP contribution in [0.4, 0.5) is 5.95 Å². The molecule has 0 spiro atoms. The Morgan fingerprint density at radius 3 is 2.60 bits per heavy atom. The van der Waals surface area contributed by atoms with Crippen LogP contribution in [0.25, 0.3) is 0 Å². The molecule has 5 nitrogen and oxygen atoms in total. The summed E-state index contributed by atoms with van der Waals surface area (Å²) in [7, 11) is 0. The smallest absolute Gasteiger partial charge is 0.224 e. The van der Waals surface area contributed by atoms with Crippen molar-refractivity contribution in [3.8, 4) is 0 Å². The van der Waals surface area contributed by atoms with Crippen LogP contribution in [0.15, 0.2) is 0 Å². The van der Waals surface area contributed by atoms with E-state index in [0.29, 0.717) is 0 Å². The van der Waals surface area contributed by atoms with E-state index in [-0.39, 0.29) is 5.54 Å². The zero-order valence-corrected chi connectivity index (χ0v) is 9.45. The van der Waals surface area contributed by atoms with Crippen LogP contribution < -0.4 is 11.1 Å². The van der Waals surface area contributed by atoms with E-state index in [1.54, 1.807) is 0 Å². The fourth-order valence-electron chi connectivity index (χ4n) is 2.04. The van der Waals surface area contributed by atoms with Gasteiger partial charge in [0.2, 0.25) is 5.95 Å². The highest BCUT2D eigenvalue weighted by atomic mass is 15.4. The van der Waals surface area contributed by atoms with Crippen LogP contribution in [0.2, 0.25) is 0 Å². The van der Waals surface area contributed by atoms with Crippen LogP contribution >= 0.6 is 0 Å². The molecule has 0 aliphatic heterocycles. The molecule has 1 aromatic rings. The molecule has 1 aliphatic rings. The minimum absolute atomic E-state index is 0.226. The van der Waals surface area contributed by atoms with Crippen LogP contribution in [-0.2, 0) is 12.1 Å². The highest BCUT2D eigenvalue weighted by Crippen LogP contribution is 2.38. The Morgan fingerprint density at radius 2 is 2.13 bits per heavy atom. The van der Waals surface area contributed by atoms with Gasteiger partial charge in [-0.25, -0.2) is 0 Å². The molecular weight excluding hydrogens is 190 g/mol. The number of anilines is 1. The van der Waals surface area contributed by atoms with Gasteiger partial charge in [0, 0.05) is 13.1 Å². The topological polar surface area (TPSA) is 68.8 Å². The standard InChI is InChI=1S/C10H19N5/c1-3-12-9-14-13-8(15(9)4-2)10(11)6-5-7-10/h3-7,11H2,1-2H3,(H,12,14). The van der Waals surface area contributed by atoms with Gasteiger partial charge in [0.1, 0.15) is 0 Å². The van der Waals surface area contributed by atoms with Crippen molar-refractivity contribution in [2.45, 2.75) is 45.2 Å². The molecule has 0 saturated heterocycles. The van der Waals surface area contributed by atoms with Crippen LogP contribution in [0.5, 0.6) is 0 Å². The van der Waals surface area contributed by atoms with E-state index in [1.165, 1.54) is 6.42 Å². The van der Waals surface area contributed by atoms with E-state index in [0.717, 1.165) is 37.7 Å². The first-order chi connectivity index (χ1) is 7.21. The number of nitrogens with two attached hydrogens (primary N) is 1. The van der Waals surface area contributed by atoms with Gasteiger partial charge in [0.15, 0.2) is 5.82 Å². The number of nitrogens with one attached hydrogen (secondary N) is 1. The maximum absolute atomic E-state index is 6.26. The van der Waals surface area contributed by atoms with Gasteiger partial charge in [-0.1, -0.05) is 0 Å². The van der Waals surface area contributed by atoms with Crippen LogP contribution in [-0.4, -0.2) is 21.3 Å². The van der Waals surface area contributed by atoms with E-state index in [4.69, 9.17) is 5.73 Å². The Hall–Kier alpha value is -1.10. The van der Waals surface area contributed by atoms with Crippen molar-refractivity contribution in [2.75, 3.05) is 11.9 Å². The fourth-order valence-corrected chi connectivity index (χ4v) is 2.04. The molecule has 0 amide bonds. The molecule has 0 aromatic carbocycles.